The van der Waals surface area contributed by atoms with Gasteiger partial charge in [-0.25, -0.2) is 4.98 Å². The fourth-order valence-electron chi connectivity index (χ4n) is 2.20. The van der Waals surface area contributed by atoms with E-state index < -0.39 is 11.9 Å². The van der Waals surface area contributed by atoms with E-state index in [1.54, 1.807) is 11.8 Å². The van der Waals surface area contributed by atoms with E-state index in [1.807, 2.05) is 18.7 Å². The number of rotatable bonds is 5. The van der Waals surface area contributed by atoms with Gasteiger partial charge in [0.25, 0.3) is 0 Å². The standard InChI is InChI=1S/C13H19F3N2S3/c1-3-8-10(20-6-5-19-8)12-18-11(13(14,15)16)9(21-12)7-17-4-2/h8,10,17H,3-7H2,1-2H3. The Hall–Kier alpha value is 0.0800. The van der Waals surface area contributed by atoms with E-state index in [-0.39, 0.29) is 11.8 Å². The van der Waals surface area contributed by atoms with Gasteiger partial charge in [0, 0.05) is 23.3 Å². The van der Waals surface area contributed by atoms with Crippen molar-refractivity contribution in [2.75, 3.05) is 18.1 Å². The monoisotopic (exact) mass is 356 g/mol. The highest BCUT2D eigenvalue weighted by Crippen LogP contribution is 2.47. The molecule has 2 heterocycles. The van der Waals surface area contributed by atoms with Gasteiger partial charge in [0.15, 0.2) is 5.69 Å². The number of halogens is 3. The summed E-state index contributed by atoms with van der Waals surface area (Å²) in [5.74, 6) is 2.05. The van der Waals surface area contributed by atoms with Crippen molar-refractivity contribution >= 4 is 34.9 Å². The van der Waals surface area contributed by atoms with Gasteiger partial charge in [-0.1, -0.05) is 13.8 Å². The summed E-state index contributed by atoms with van der Waals surface area (Å²) in [4.78, 5) is 4.29. The summed E-state index contributed by atoms with van der Waals surface area (Å²) in [6.07, 6.45) is -3.40. The predicted molar refractivity (Wildman–Crippen MR) is 86.2 cm³/mol. The average Bonchev–Trinajstić information content (AvgIpc) is 2.89. The summed E-state index contributed by atoms with van der Waals surface area (Å²) in [5, 5.41) is 4.07. The molecule has 8 heteroatoms. The highest BCUT2D eigenvalue weighted by molar-refractivity contribution is 8.06. The maximum Gasteiger partial charge on any atom is 0.434 e. The van der Waals surface area contributed by atoms with Gasteiger partial charge in [0.05, 0.1) is 10.1 Å². The SMILES string of the molecule is CCNCc1sc(C2SCCSC2CC)nc1C(F)(F)F. The Morgan fingerprint density at radius 2 is 1.95 bits per heavy atom. The highest BCUT2D eigenvalue weighted by Gasteiger charge is 2.39. The van der Waals surface area contributed by atoms with Crippen LogP contribution < -0.4 is 5.32 Å². The fourth-order valence-corrected chi connectivity index (χ4v) is 6.68. The second-order valence-electron chi connectivity index (χ2n) is 4.71. The lowest BCUT2D eigenvalue weighted by atomic mass is 10.2. The molecule has 21 heavy (non-hydrogen) atoms. The van der Waals surface area contributed by atoms with Gasteiger partial charge in [-0.2, -0.15) is 24.9 Å². The zero-order valence-corrected chi connectivity index (χ0v) is 14.4. The van der Waals surface area contributed by atoms with E-state index in [9.17, 15) is 13.2 Å². The van der Waals surface area contributed by atoms with Crippen molar-refractivity contribution < 1.29 is 13.2 Å². The molecule has 1 saturated heterocycles. The van der Waals surface area contributed by atoms with Gasteiger partial charge in [0.2, 0.25) is 0 Å². The van der Waals surface area contributed by atoms with E-state index in [1.165, 1.54) is 11.3 Å². The first-order valence-electron chi connectivity index (χ1n) is 6.98. The van der Waals surface area contributed by atoms with Crippen LogP contribution in [0.15, 0.2) is 0 Å². The second kappa shape index (κ2) is 7.57. The fraction of sp³-hybridized carbons (Fsp3) is 0.769. The molecule has 1 aromatic rings. The lowest BCUT2D eigenvalue weighted by Crippen LogP contribution is -2.18. The summed E-state index contributed by atoms with van der Waals surface area (Å²) < 4.78 is 39.4. The first kappa shape index (κ1) is 17.4. The summed E-state index contributed by atoms with van der Waals surface area (Å²) in [7, 11) is 0. The lowest BCUT2D eigenvalue weighted by Gasteiger charge is -2.28. The van der Waals surface area contributed by atoms with Crippen molar-refractivity contribution in [1.82, 2.24) is 10.3 Å². The molecular weight excluding hydrogens is 337 g/mol. The van der Waals surface area contributed by atoms with Crippen molar-refractivity contribution in [3.8, 4) is 0 Å². The third kappa shape index (κ3) is 4.30. The van der Waals surface area contributed by atoms with E-state index in [0.717, 1.165) is 17.9 Å². The lowest BCUT2D eigenvalue weighted by molar-refractivity contribution is -0.141. The van der Waals surface area contributed by atoms with Crippen molar-refractivity contribution in [1.29, 1.82) is 0 Å². The van der Waals surface area contributed by atoms with Gasteiger partial charge in [-0.3, -0.25) is 0 Å². The van der Waals surface area contributed by atoms with Crippen LogP contribution >= 0.6 is 34.9 Å². The minimum Gasteiger partial charge on any atom is -0.312 e. The summed E-state index contributed by atoms with van der Waals surface area (Å²) >= 11 is 4.82. The van der Waals surface area contributed by atoms with Crippen molar-refractivity contribution in [3.63, 3.8) is 0 Å². The Morgan fingerprint density at radius 1 is 1.24 bits per heavy atom. The first-order chi connectivity index (χ1) is 9.97. The quantitative estimate of drug-likeness (QED) is 0.835. The minimum atomic E-state index is -4.37. The van der Waals surface area contributed by atoms with Gasteiger partial charge in [0.1, 0.15) is 5.01 Å². The Balaban J connectivity index is 2.29. The number of hydrogen-bond donors (Lipinski definition) is 1. The van der Waals surface area contributed by atoms with Gasteiger partial charge >= 0.3 is 6.18 Å². The number of nitrogens with zero attached hydrogens (tertiary/aromatic N) is 1. The number of aromatic nitrogens is 1. The molecule has 1 aromatic heterocycles. The molecule has 0 aromatic carbocycles. The molecule has 120 valence electrons. The third-order valence-electron chi connectivity index (χ3n) is 3.21. The molecule has 0 saturated carbocycles. The Labute approximate surface area is 135 Å². The molecule has 2 unspecified atom stereocenters. The van der Waals surface area contributed by atoms with Gasteiger partial charge in [-0.05, 0) is 13.0 Å². The summed E-state index contributed by atoms with van der Waals surface area (Å²) in [5.41, 5.74) is -0.700. The Kier molecular flexibility index (Phi) is 6.28. The van der Waals surface area contributed by atoms with Crippen LogP contribution in [0.3, 0.4) is 0 Å². The molecule has 1 N–H and O–H groups in total. The zero-order chi connectivity index (χ0) is 15.5. The average molecular weight is 357 g/mol. The molecular formula is C13H19F3N2S3. The van der Waals surface area contributed by atoms with Crippen LogP contribution in [0.4, 0.5) is 13.2 Å². The first-order valence-corrected chi connectivity index (χ1v) is 9.89. The molecule has 2 atom stereocenters. The molecule has 1 aliphatic heterocycles. The summed E-state index contributed by atoms with van der Waals surface area (Å²) in [6.45, 7) is 4.87. The molecule has 2 nitrogen and oxygen atoms in total. The van der Waals surface area contributed by atoms with Crippen LogP contribution in [0.25, 0.3) is 0 Å². The van der Waals surface area contributed by atoms with Crippen molar-refractivity contribution in [3.05, 3.63) is 15.6 Å². The topological polar surface area (TPSA) is 24.9 Å². The van der Waals surface area contributed by atoms with Crippen LogP contribution in [0, 0.1) is 0 Å². The number of alkyl halides is 3. The molecule has 0 radical (unpaired) electrons. The largest absolute Gasteiger partial charge is 0.434 e. The zero-order valence-electron chi connectivity index (χ0n) is 12.0. The predicted octanol–water partition coefficient (Wildman–Crippen LogP) is 4.57. The highest BCUT2D eigenvalue weighted by atomic mass is 32.2. The Morgan fingerprint density at radius 3 is 2.57 bits per heavy atom. The van der Waals surface area contributed by atoms with Crippen molar-refractivity contribution in [2.24, 2.45) is 0 Å². The maximum absolute atomic E-state index is 13.1. The normalized spacial score (nSPS) is 23.5. The van der Waals surface area contributed by atoms with Crippen molar-refractivity contribution in [2.45, 2.75) is 43.5 Å². The van der Waals surface area contributed by atoms with Gasteiger partial charge in [-0.15, -0.1) is 23.1 Å². The van der Waals surface area contributed by atoms with E-state index >= 15 is 0 Å². The molecule has 0 bridgehead atoms. The smallest absolute Gasteiger partial charge is 0.312 e. The second-order valence-corrected chi connectivity index (χ2v) is 8.42. The summed E-state index contributed by atoms with van der Waals surface area (Å²) in [6, 6.07) is 0. The maximum atomic E-state index is 13.1. The van der Waals surface area contributed by atoms with Crippen LogP contribution in [0.2, 0.25) is 0 Å². The van der Waals surface area contributed by atoms with Crippen LogP contribution in [-0.4, -0.2) is 28.3 Å². The number of thiazole rings is 1. The van der Waals surface area contributed by atoms with E-state index in [4.69, 9.17) is 0 Å². The molecule has 0 spiro atoms. The third-order valence-corrected chi connectivity index (χ3v) is 7.76. The van der Waals surface area contributed by atoms with Crippen LogP contribution in [-0.2, 0) is 12.7 Å². The number of thioether (sulfide) groups is 2. The van der Waals surface area contributed by atoms with E-state index in [2.05, 4.69) is 17.2 Å². The molecule has 1 fully saturated rings. The number of nitrogens with one attached hydrogen (secondary N) is 1. The minimum absolute atomic E-state index is 0.0928. The molecule has 0 amide bonds. The van der Waals surface area contributed by atoms with Crippen LogP contribution in [0.5, 0.6) is 0 Å². The molecule has 1 aliphatic rings. The van der Waals surface area contributed by atoms with Crippen LogP contribution in [0.1, 0.15) is 41.1 Å². The Bertz CT molecular complexity index is 462. The van der Waals surface area contributed by atoms with E-state index in [0.29, 0.717) is 21.7 Å². The molecule has 0 aliphatic carbocycles. The number of hydrogen-bond acceptors (Lipinski definition) is 5. The van der Waals surface area contributed by atoms with Gasteiger partial charge < -0.3 is 5.32 Å². The molecule has 2 rings (SSSR count).